The van der Waals surface area contributed by atoms with Crippen LogP contribution in [0.1, 0.15) is 11.1 Å². The third-order valence-electron chi connectivity index (χ3n) is 1.96. The van der Waals surface area contributed by atoms with Gasteiger partial charge in [-0.2, -0.15) is 0 Å². The van der Waals surface area contributed by atoms with E-state index in [0.29, 0.717) is 11.1 Å². The van der Waals surface area contributed by atoms with Gasteiger partial charge >= 0.3 is 0 Å². The molecule has 4 N–H and O–H groups in total. The Labute approximate surface area is 91.7 Å². The summed E-state index contributed by atoms with van der Waals surface area (Å²) in [5.74, 6) is -0.636. The number of aryl methyl sites for hydroxylation is 1. The number of hydrogen-bond acceptors (Lipinski definition) is 4. The zero-order valence-electron chi connectivity index (χ0n) is 8.64. The van der Waals surface area contributed by atoms with Crippen LogP contribution in [0.2, 0.25) is 0 Å². The number of hydrogen-bond donors (Lipinski definition) is 2. The van der Waals surface area contributed by atoms with Gasteiger partial charge in [0.05, 0.1) is 4.92 Å². The summed E-state index contributed by atoms with van der Waals surface area (Å²) in [6, 6.07) is 3.01. The van der Waals surface area contributed by atoms with Crippen molar-refractivity contribution < 1.29 is 9.72 Å². The highest BCUT2D eigenvalue weighted by Crippen LogP contribution is 2.27. The number of nitrogens with zero attached hydrogens (tertiary/aromatic N) is 1. The summed E-state index contributed by atoms with van der Waals surface area (Å²) < 4.78 is 0. The van der Waals surface area contributed by atoms with Gasteiger partial charge in [0.15, 0.2) is 0 Å². The van der Waals surface area contributed by atoms with Crippen molar-refractivity contribution >= 4 is 23.4 Å². The van der Waals surface area contributed by atoms with E-state index in [0.717, 1.165) is 6.08 Å². The molecule has 1 amide bonds. The third-order valence-corrected chi connectivity index (χ3v) is 1.96. The van der Waals surface area contributed by atoms with Crippen LogP contribution >= 0.6 is 0 Å². The Kier molecular flexibility index (Phi) is 3.24. The van der Waals surface area contributed by atoms with E-state index < -0.39 is 10.8 Å². The fourth-order valence-electron chi connectivity index (χ4n) is 1.27. The molecule has 6 heteroatoms. The van der Waals surface area contributed by atoms with Gasteiger partial charge < -0.3 is 11.5 Å². The molecule has 1 aromatic carbocycles. The molecule has 6 nitrogen and oxygen atoms in total. The van der Waals surface area contributed by atoms with Crippen LogP contribution in [0.25, 0.3) is 6.08 Å². The first-order valence-corrected chi connectivity index (χ1v) is 4.44. The fraction of sp³-hybridized carbons (Fsp3) is 0.100. The molecular formula is C10H11N3O3. The van der Waals surface area contributed by atoms with E-state index in [1.165, 1.54) is 12.1 Å². The number of nitrogens with two attached hydrogens (primary N) is 2. The Bertz CT molecular complexity index is 480. The quantitative estimate of drug-likeness (QED) is 0.343. The van der Waals surface area contributed by atoms with Crippen molar-refractivity contribution in [2.75, 3.05) is 5.73 Å². The average Bonchev–Trinajstić information content (AvgIpc) is 2.18. The SMILES string of the molecule is Cc1cc(C=CC(N)=O)c(N)c([N+](=O)[O-])c1. The number of nitro benzene ring substituents is 1. The number of benzene rings is 1. The molecule has 1 rings (SSSR count). The van der Waals surface area contributed by atoms with E-state index in [4.69, 9.17) is 11.5 Å². The van der Waals surface area contributed by atoms with Crippen LogP contribution in [-0.4, -0.2) is 10.8 Å². The van der Waals surface area contributed by atoms with Gasteiger partial charge in [-0.1, -0.05) is 0 Å². The van der Waals surface area contributed by atoms with Gasteiger partial charge in [0.1, 0.15) is 5.69 Å². The second-order valence-electron chi connectivity index (χ2n) is 3.28. The van der Waals surface area contributed by atoms with E-state index in [9.17, 15) is 14.9 Å². The van der Waals surface area contributed by atoms with Crippen molar-refractivity contribution in [3.63, 3.8) is 0 Å². The molecule has 0 saturated heterocycles. The minimum absolute atomic E-state index is 0.0214. The van der Waals surface area contributed by atoms with Gasteiger partial charge in [0.25, 0.3) is 5.69 Å². The molecule has 0 heterocycles. The first-order valence-electron chi connectivity index (χ1n) is 4.44. The molecule has 0 radical (unpaired) electrons. The molecule has 0 aliphatic heterocycles. The highest BCUT2D eigenvalue weighted by atomic mass is 16.6. The summed E-state index contributed by atoms with van der Waals surface area (Å²) in [4.78, 5) is 20.7. The molecule has 0 unspecified atom stereocenters. The number of carbonyl (C=O) groups is 1. The minimum atomic E-state index is -0.636. The molecule has 0 saturated carbocycles. The Balaban J connectivity index is 3.29. The van der Waals surface area contributed by atoms with Crippen molar-refractivity contribution in [3.8, 4) is 0 Å². The van der Waals surface area contributed by atoms with Gasteiger partial charge in [0, 0.05) is 17.7 Å². The van der Waals surface area contributed by atoms with E-state index in [-0.39, 0.29) is 11.4 Å². The number of amides is 1. The third kappa shape index (κ3) is 2.57. The summed E-state index contributed by atoms with van der Waals surface area (Å²) in [6.45, 7) is 1.70. The monoisotopic (exact) mass is 221 g/mol. The Morgan fingerprint density at radius 1 is 1.50 bits per heavy atom. The topological polar surface area (TPSA) is 112 Å². The lowest BCUT2D eigenvalue weighted by molar-refractivity contribution is -0.383. The molecule has 84 valence electrons. The van der Waals surface area contributed by atoms with Gasteiger partial charge in [-0.3, -0.25) is 14.9 Å². The van der Waals surface area contributed by atoms with Gasteiger partial charge in [-0.15, -0.1) is 0 Å². The molecule has 0 bridgehead atoms. The van der Waals surface area contributed by atoms with Crippen LogP contribution in [0.5, 0.6) is 0 Å². The Hall–Kier alpha value is -2.37. The van der Waals surface area contributed by atoms with Crippen molar-refractivity contribution in [2.45, 2.75) is 6.92 Å². The Morgan fingerprint density at radius 2 is 2.12 bits per heavy atom. The minimum Gasteiger partial charge on any atom is -0.393 e. The normalized spacial score (nSPS) is 10.6. The van der Waals surface area contributed by atoms with Crippen LogP contribution in [0.4, 0.5) is 11.4 Å². The van der Waals surface area contributed by atoms with Crippen molar-refractivity contribution in [3.05, 3.63) is 39.4 Å². The van der Waals surface area contributed by atoms with E-state index in [1.54, 1.807) is 13.0 Å². The predicted octanol–water partition coefficient (Wildman–Crippen LogP) is 0.984. The van der Waals surface area contributed by atoms with Gasteiger partial charge in [-0.05, 0) is 24.6 Å². The fourth-order valence-corrected chi connectivity index (χ4v) is 1.27. The summed E-state index contributed by atoms with van der Waals surface area (Å²) in [5.41, 5.74) is 11.5. The van der Waals surface area contributed by atoms with E-state index >= 15 is 0 Å². The maximum absolute atomic E-state index is 10.7. The lowest BCUT2D eigenvalue weighted by Gasteiger charge is -2.03. The molecule has 0 atom stereocenters. The lowest BCUT2D eigenvalue weighted by atomic mass is 10.1. The highest BCUT2D eigenvalue weighted by molar-refractivity contribution is 5.91. The second-order valence-corrected chi connectivity index (χ2v) is 3.28. The number of primary amides is 1. The predicted molar refractivity (Wildman–Crippen MR) is 60.5 cm³/mol. The largest absolute Gasteiger partial charge is 0.393 e. The van der Waals surface area contributed by atoms with Gasteiger partial charge in [-0.25, -0.2) is 0 Å². The number of nitrogen functional groups attached to an aromatic ring is 1. The first kappa shape index (κ1) is 11.7. The smallest absolute Gasteiger partial charge is 0.292 e. The molecule has 0 spiro atoms. The van der Waals surface area contributed by atoms with Crippen LogP contribution < -0.4 is 11.5 Å². The van der Waals surface area contributed by atoms with E-state index in [2.05, 4.69) is 0 Å². The number of carbonyl (C=O) groups excluding carboxylic acids is 1. The standard InChI is InChI=1S/C10H11N3O3/c1-6-4-7(2-3-9(11)14)10(12)8(5-6)13(15)16/h2-5H,12H2,1H3,(H2,11,14). The summed E-state index contributed by atoms with van der Waals surface area (Å²) in [5, 5.41) is 10.7. The van der Waals surface area contributed by atoms with Crippen LogP contribution in [0.15, 0.2) is 18.2 Å². The highest BCUT2D eigenvalue weighted by Gasteiger charge is 2.14. The molecule has 0 aliphatic rings. The van der Waals surface area contributed by atoms with Crippen molar-refractivity contribution in [2.24, 2.45) is 5.73 Å². The zero-order chi connectivity index (χ0) is 12.3. The summed E-state index contributed by atoms with van der Waals surface area (Å²) in [7, 11) is 0. The van der Waals surface area contributed by atoms with Crippen LogP contribution in [-0.2, 0) is 4.79 Å². The maximum atomic E-state index is 10.7. The number of rotatable bonds is 3. The van der Waals surface area contributed by atoms with Gasteiger partial charge in [0.2, 0.25) is 5.91 Å². The van der Waals surface area contributed by atoms with E-state index in [1.807, 2.05) is 0 Å². The Morgan fingerprint density at radius 3 is 2.62 bits per heavy atom. The zero-order valence-corrected chi connectivity index (χ0v) is 8.64. The van der Waals surface area contributed by atoms with Crippen molar-refractivity contribution in [1.82, 2.24) is 0 Å². The molecule has 1 aromatic rings. The molecule has 0 fully saturated rings. The lowest BCUT2D eigenvalue weighted by Crippen LogP contribution is -2.05. The second kappa shape index (κ2) is 4.43. The summed E-state index contributed by atoms with van der Waals surface area (Å²) in [6.07, 6.45) is 2.46. The molecule has 0 aromatic heterocycles. The molecule has 0 aliphatic carbocycles. The van der Waals surface area contributed by atoms with Crippen LogP contribution in [0, 0.1) is 17.0 Å². The number of anilines is 1. The van der Waals surface area contributed by atoms with Crippen molar-refractivity contribution in [1.29, 1.82) is 0 Å². The first-order chi connectivity index (χ1) is 7.41. The molecule has 16 heavy (non-hydrogen) atoms. The maximum Gasteiger partial charge on any atom is 0.292 e. The number of nitro groups is 1. The van der Waals surface area contributed by atoms with Crippen LogP contribution in [0.3, 0.4) is 0 Å². The molecular weight excluding hydrogens is 210 g/mol. The summed E-state index contributed by atoms with van der Waals surface area (Å²) >= 11 is 0. The average molecular weight is 221 g/mol.